The van der Waals surface area contributed by atoms with Crippen LogP contribution in [0.3, 0.4) is 0 Å². The quantitative estimate of drug-likeness (QED) is 0.864. The van der Waals surface area contributed by atoms with Crippen LogP contribution < -0.4 is 4.74 Å². The average Bonchev–Trinajstić information content (AvgIpc) is 3.10. The number of hydrogen-bond acceptors (Lipinski definition) is 5. The highest BCUT2D eigenvalue weighted by molar-refractivity contribution is 5.39. The van der Waals surface area contributed by atoms with Crippen LogP contribution in [0.1, 0.15) is 54.0 Å². The van der Waals surface area contributed by atoms with Gasteiger partial charge in [-0.15, -0.1) is 0 Å². The lowest BCUT2D eigenvalue weighted by molar-refractivity contribution is 0.108. The van der Waals surface area contributed by atoms with E-state index < -0.39 is 0 Å². The molecule has 0 amide bonds. The van der Waals surface area contributed by atoms with Crippen molar-refractivity contribution in [3.63, 3.8) is 0 Å². The minimum absolute atomic E-state index is 0.267. The fraction of sp³-hybridized carbons (Fsp3) is 0.600. The third-order valence-corrected chi connectivity index (χ3v) is 5.92. The molecule has 3 aliphatic rings. The van der Waals surface area contributed by atoms with Gasteiger partial charge in [0.2, 0.25) is 0 Å². The zero-order valence-electron chi connectivity index (χ0n) is 15.3. The summed E-state index contributed by atoms with van der Waals surface area (Å²) in [5.74, 6) is 3.65. The first-order valence-electron chi connectivity index (χ1n) is 9.74. The molecule has 6 heteroatoms. The number of aromatic nitrogens is 3. The second kappa shape index (κ2) is 6.67. The first-order chi connectivity index (χ1) is 12.8. The van der Waals surface area contributed by atoms with Crippen molar-refractivity contribution in [3.05, 3.63) is 41.0 Å². The van der Waals surface area contributed by atoms with Crippen LogP contribution in [0.4, 0.5) is 0 Å². The average molecular weight is 354 g/mol. The summed E-state index contributed by atoms with van der Waals surface area (Å²) < 4.78 is 11.3. The van der Waals surface area contributed by atoms with Gasteiger partial charge in [0.05, 0.1) is 18.8 Å². The van der Waals surface area contributed by atoms with Gasteiger partial charge in [-0.1, -0.05) is 12.1 Å². The van der Waals surface area contributed by atoms with E-state index in [0.29, 0.717) is 5.92 Å². The number of nitrogens with one attached hydrogen (secondary N) is 1. The number of hydrogen-bond donors (Lipinski definition) is 1. The molecule has 1 aliphatic carbocycles. The fourth-order valence-electron chi connectivity index (χ4n) is 4.19. The Labute approximate surface area is 153 Å². The van der Waals surface area contributed by atoms with Gasteiger partial charge in [0, 0.05) is 32.5 Å². The Balaban J connectivity index is 1.29. The summed E-state index contributed by atoms with van der Waals surface area (Å²) in [6.07, 6.45) is 5.77. The van der Waals surface area contributed by atoms with Crippen molar-refractivity contribution >= 4 is 0 Å². The number of rotatable bonds is 6. The van der Waals surface area contributed by atoms with Crippen molar-refractivity contribution in [2.75, 3.05) is 26.8 Å². The highest BCUT2D eigenvalue weighted by atomic mass is 16.5. The van der Waals surface area contributed by atoms with Crippen molar-refractivity contribution < 1.29 is 9.47 Å². The molecule has 6 nitrogen and oxygen atoms in total. The Morgan fingerprint density at radius 3 is 3.12 bits per heavy atom. The second-order valence-electron chi connectivity index (χ2n) is 7.75. The molecule has 2 fully saturated rings. The van der Waals surface area contributed by atoms with E-state index >= 15 is 0 Å². The van der Waals surface area contributed by atoms with Gasteiger partial charge in [0.25, 0.3) is 0 Å². The Morgan fingerprint density at radius 2 is 2.27 bits per heavy atom. The van der Waals surface area contributed by atoms with Gasteiger partial charge < -0.3 is 9.47 Å². The molecule has 1 saturated heterocycles. The molecule has 0 spiro atoms. The van der Waals surface area contributed by atoms with Crippen LogP contribution in [0.5, 0.6) is 5.75 Å². The van der Waals surface area contributed by atoms with Crippen LogP contribution in [0, 0.1) is 0 Å². The molecular weight excluding hydrogens is 328 g/mol. The third kappa shape index (κ3) is 3.12. The Hall–Kier alpha value is -1.92. The largest absolute Gasteiger partial charge is 0.493 e. The SMILES string of the molecule is CO[C@@H]1C[C@@H](c2nc(C3CC3)n[nH]2)N(CCc2ccc3c(c2)CCO3)C1. The van der Waals surface area contributed by atoms with Crippen LogP contribution in [-0.2, 0) is 17.6 Å². The van der Waals surface area contributed by atoms with Crippen LogP contribution in [-0.4, -0.2) is 53.0 Å². The molecule has 1 aromatic heterocycles. The van der Waals surface area contributed by atoms with Crippen molar-refractivity contribution in [2.24, 2.45) is 0 Å². The lowest BCUT2D eigenvalue weighted by atomic mass is 10.1. The summed E-state index contributed by atoms with van der Waals surface area (Å²) in [6.45, 7) is 2.77. The van der Waals surface area contributed by atoms with Gasteiger partial charge in [0.1, 0.15) is 11.6 Å². The van der Waals surface area contributed by atoms with E-state index in [9.17, 15) is 0 Å². The number of ether oxygens (including phenoxy) is 2. The standard InChI is InChI=1S/C20H26N4O2/c1-25-16-11-17(20-21-19(22-23-20)14-3-4-14)24(12-16)8-6-13-2-5-18-15(10-13)7-9-26-18/h2,5,10,14,16-17H,3-4,6-9,11-12H2,1H3,(H,21,22,23)/t16-,17+/m1/s1. The van der Waals surface area contributed by atoms with Gasteiger partial charge in [-0.3, -0.25) is 10.00 Å². The number of nitrogens with zero attached hydrogens (tertiary/aromatic N) is 3. The van der Waals surface area contributed by atoms with Crippen LogP contribution in [0.25, 0.3) is 0 Å². The lowest BCUT2D eigenvalue weighted by Crippen LogP contribution is -2.28. The topological polar surface area (TPSA) is 63.3 Å². The summed E-state index contributed by atoms with van der Waals surface area (Å²) in [7, 11) is 1.81. The molecular formula is C20H26N4O2. The summed E-state index contributed by atoms with van der Waals surface area (Å²) in [5, 5.41) is 7.65. The molecule has 0 bridgehead atoms. The maximum Gasteiger partial charge on any atom is 0.153 e. The first kappa shape index (κ1) is 16.3. The normalized spacial score (nSPS) is 25.4. The number of likely N-dealkylation sites (tertiary alicyclic amines) is 1. The van der Waals surface area contributed by atoms with E-state index in [1.807, 2.05) is 7.11 Å². The third-order valence-electron chi connectivity index (χ3n) is 5.92. The minimum atomic E-state index is 0.267. The van der Waals surface area contributed by atoms with Crippen LogP contribution in [0.2, 0.25) is 0 Å². The molecule has 26 heavy (non-hydrogen) atoms. The maximum absolute atomic E-state index is 5.65. The smallest absolute Gasteiger partial charge is 0.153 e. The highest BCUT2D eigenvalue weighted by Crippen LogP contribution is 2.39. The van der Waals surface area contributed by atoms with E-state index in [0.717, 1.165) is 56.4 Å². The monoisotopic (exact) mass is 354 g/mol. The van der Waals surface area contributed by atoms with Crippen molar-refractivity contribution in [2.45, 2.75) is 50.2 Å². The molecule has 2 atom stereocenters. The predicted molar refractivity (Wildman–Crippen MR) is 97.4 cm³/mol. The van der Waals surface area contributed by atoms with Crippen molar-refractivity contribution in [1.82, 2.24) is 20.1 Å². The summed E-state index contributed by atoms with van der Waals surface area (Å²) in [5.41, 5.74) is 2.73. The Kier molecular flexibility index (Phi) is 4.17. The van der Waals surface area contributed by atoms with Crippen molar-refractivity contribution in [3.8, 4) is 5.75 Å². The van der Waals surface area contributed by atoms with E-state index in [2.05, 4.69) is 33.3 Å². The number of methoxy groups -OCH3 is 1. The molecule has 138 valence electrons. The zero-order chi connectivity index (χ0) is 17.5. The van der Waals surface area contributed by atoms with Crippen LogP contribution >= 0.6 is 0 Å². The molecule has 0 radical (unpaired) electrons. The molecule has 0 unspecified atom stereocenters. The van der Waals surface area contributed by atoms with Gasteiger partial charge in [-0.05, 0) is 42.9 Å². The fourth-order valence-corrected chi connectivity index (χ4v) is 4.19. The predicted octanol–water partition coefficient (Wildman–Crippen LogP) is 2.62. The van der Waals surface area contributed by atoms with E-state index in [1.165, 1.54) is 24.0 Å². The highest BCUT2D eigenvalue weighted by Gasteiger charge is 2.36. The van der Waals surface area contributed by atoms with Gasteiger partial charge in [0.15, 0.2) is 5.82 Å². The van der Waals surface area contributed by atoms with E-state index in [-0.39, 0.29) is 12.1 Å². The number of H-pyrrole nitrogens is 1. The van der Waals surface area contributed by atoms with E-state index in [1.54, 1.807) is 0 Å². The van der Waals surface area contributed by atoms with E-state index in [4.69, 9.17) is 14.5 Å². The van der Waals surface area contributed by atoms with Gasteiger partial charge in [-0.2, -0.15) is 5.10 Å². The number of benzene rings is 1. The second-order valence-corrected chi connectivity index (χ2v) is 7.75. The number of fused-ring (bicyclic) bond motifs is 1. The van der Waals surface area contributed by atoms with Gasteiger partial charge >= 0.3 is 0 Å². The van der Waals surface area contributed by atoms with Crippen molar-refractivity contribution in [1.29, 1.82) is 0 Å². The maximum atomic E-state index is 5.65. The molecule has 1 aromatic carbocycles. The van der Waals surface area contributed by atoms with Crippen LogP contribution in [0.15, 0.2) is 18.2 Å². The number of aromatic amines is 1. The molecule has 2 aliphatic heterocycles. The lowest BCUT2D eigenvalue weighted by Gasteiger charge is -2.22. The molecule has 1 saturated carbocycles. The molecule has 3 heterocycles. The minimum Gasteiger partial charge on any atom is -0.493 e. The molecule has 5 rings (SSSR count). The summed E-state index contributed by atoms with van der Waals surface area (Å²) in [4.78, 5) is 7.29. The van der Waals surface area contributed by atoms with Gasteiger partial charge in [-0.25, -0.2) is 4.98 Å². The first-order valence-corrected chi connectivity index (χ1v) is 9.74. The summed E-state index contributed by atoms with van der Waals surface area (Å²) >= 11 is 0. The Morgan fingerprint density at radius 1 is 1.35 bits per heavy atom. The zero-order valence-corrected chi connectivity index (χ0v) is 15.3. The Bertz CT molecular complexity index is 786. The molecule has 1 N–H and O–H groups in total. The summed E-state index contributed by atoms with van der Waals surface area (Å²) in [6, 6.07) is 6.90. The molecule has 2 aromatic rings.